The summed E-state index contributed by atoms with van der Waals surface area (Å²) in [6, 6.07) is 29.7. The Kier molecular flexibility index (Phi) is 4.61. The van der Waals surface area contributed by atoms with Crippen LogP contribution in [0.4, 0.5) is 0 Å². The van der Waals surface area contributed by atoms with Crippen LogP contribution in [0.3, 0.4) is 0 Å². The van der Waals surface area contributed by atoms with E-state index < -0.39 is 6.23 Å². The second-order valence-corrected chi connectivity index (χ2v) is 8.31. The zero-order valence-electron chi connectivity index (χ0n) is 18.1. The van der Waals surface area contributed by atoms with Gasteiger partial charge >= 0.3 is 0 Å². The number of hydrogen-bond donors (Lipinski definition) is 0. The first kappa shape index (κ1) is 19.6. The van der Waals surface area contributed by atoms with Crippen molar-refractivity contribution < 1.29 is 14.3 Å². The molecule has 0 amide bonds. The second kappa shape index (κ2) is 7.78. The molecule has 2 unspecified atom stereocenters. The molecule has 0 bridgehead atoms. The van der Waals surface area contributed by atoms with E-state index in [0.29, 0.717) is 17.7 Å². The fourth-order valence-electron chi connectivity index (χ4n) is 4.65. The molecule has 0 fully saturated rings. The second-order valence-electron chi connectivity index (χ2n) is 8.31. The normalized spacial score (nSPS) is 18.8. The van der Waals surface area contributed by atoms with E-state index >= 15 is 0 Å². The van der Waals surface area contributed by atoms with E-state index in [-0.39, 0.29) is 11.8 Å². The number of rotatable bonds is 4. The fourth-order valence-corrected chi connectivity index (χ4v) is 4.65. The van der Waals surface area contributed by atoms with Crippen LogP contribution in [0, 0.1) is 0 Å². The quantitative estimate of drug-likeness (QED) is 0.392. The van der Waals surface area contributed by atoms with Gasteiger partial charge in [-0.2, -0.15) is 5.10 Å². The summed E-state index contributed by atoms with van der Waals surface area (Å²) in [6.45, 7) is 0. The van der Waals surface area contributed by atoms with Crippen molar-refractivity contribution in [2.45, 2.75) is 18.7 Å². The minimum Gasteiger partial charge on any atom is -0.497 e. The van der Waals surface area contributed by atoms with Crippen molar-refractivity contribution in [3.05, 3.63) is 108 Å². The van der Waals surface area contributed by atoms with Crippen molar-refractivity contribution >= 4 is 22.3 Å². The van der Waals surface area contributed by atoms with E-state index in [1.54, 1.807) is 31.4 Å². The van der Waals surface area contributed by atoms with Gasteiger partial charge in [-0.25, -0.2) is 5.01 Å². The van der Waals surface area contributed by atoms with Gasteiger partial charge in [0, 0.05) is 17.5 Å². The summed E-state index contributed by atoms with van der Waals surface area (Å²) < 4.78 is 11.4. The van der Waals surface area contributed by atoms with Crippen molar-refractivity contribution in [2.24, 2.45) is 5.10 Å². The van der Waals surface area contributed by atoms with Gasteiger partial charge in [0.15, 0.2) is 0 Å². The number of hydrazone groups is 1. The van der Waals surface area contributed by atoms with Crippen LogP contribution in [0.1, 0.15) is 33.9 Å². The summed E-state index contributed by atoms with van der Waals surface area (Å²) in [6.07, 6.45) is -0.110. The molecular formula is C28H22N2O3. The Morgan fingerprint density at radius 2 is 1.70 bits per heavy atom. The summed E-state index contributed by atoms with van der Waals surface area (Å²) >= 11 is 0. The molecule has 6 rings (SSSR count). The summed E-state index contributed by atoms with van der Waals surface area (Å²) in [7, 11) is 1.61. The average molecular weight is 434 g/mol. The third-order valence-electron chi connectivity index (χ3n) is 6.38. The van der Waals surface area contributed by atoms with Crippen LogP contribution in [0.5, 0.6) is 11.5 Å². The lowest BCUT2D eigenvalue weighted by Gasteiger charge is -2.37. The standard InChI is InChI=1S/C28H22N2O3/c1-32-22-14-12-19(13-15-22)27(31)28-30-25(23-8-4-5-9-26(23)33-28)17-24(29-30)21-11-10-18-6-2-3-7-20(18)16-21/h2-16,25,28H,17H2,1H3. The van der Waals surface area contributed by atoms with Crippen LogP contribution in [-0.2, 0) is 0 Å². The first-order chi connectivity index (χ1) is 16.2. The predicted octanol–water partition coefficient (Wildman–Crippen LogP) is 5.60. The van der Waals surface area contributed by atoms with Crippen molar-refractivity contribution in [3.63, 3.8) is 0 Å². The third kappa shape index (κ3) is 3.33. The number of methoxy groups -OCH3 is 1. The average Bonchev–Trinajstić information content (AvgIpc) is 3.33. The van der Waals surface area contributed by atoms with Crippen molar-refractivity contribution in [1.82, 2.24) is 5.01 Å². The number of carbonyl (C=O) groups excluding carboxylic acids is 1. The maximum absolute atomic E-state index is 13.5. The molecule has 0 aliphatic carbocycles. The van der Waals surface area contributed by atoms with Gasteiger partial charge in [-0.05, 0) is 52.7 Å². The van der Waals surface area contributed by atoms with E-state index in [9.17, 15) is 4.79 Å². The molecule has 0 saturated carbocycles. The molecule has 2 atom stereocenters. The molecule has 4 aromatic rings. The molecule has 33 heavy (non-hydrogen) atoms. The SMILES string of the molecule is COc1ccc(C(=O)C2Oc3ccccc3C3CC(c4ccc5ccccc5c4)=NN23)cc1. The van der Waals surface area contributed by atoms with E-state index in [1.807, 2.05) is 35.3 Å². The molecule has 5 nitrogen and oxygen atoms in total. The van der Waals surface area contributed by atoms with Gasteiger partial charge in [-0.15, -0.1) is 0 Å². The summed E-state index contributed by atoms with van der Waals surface area (Å²) in [5.41, 5.74) is 3.64. The summed E-state index contributed by atoms with van der Waals surface area (Å²) in [4.78, 5) is 13.5. The molecule has 2 heterocycles. The number of Topliss-reactive ketones (excluding diaryl/α,β-unsaturated/α-hetero) is 1. The predicted molar refractivity (Wildman–Crippen MR) is 128 cm³/mol. The minimum absolute atomic E-state index is 0.0522. The highest BCUT2D eigenvalue weighted by Crippen LogP contribution is 2.43. The van der Waals surface area contributed by atoms with Gasteiger partial charge in [-0.3, -0.25) is 4.79 Å². The number of benzene rings is 4. The highest BCUT2D eigenvalue weighted by molar-refractivity contribution is 6.05. The maximum atomic E-state index is 13.5. The van der Waals surface area contributed by atoms with Gasteiger partial charge in [0.25, 0.3) is 6.23 Å². The van der Waals surface area contributed by atoms with Gasteiger partial charge in [-0.1, -0.05) is 54.6 Å². The van der Waals surface area contributed by atoms with Crippen molar-refractivity contribution in [1.29, 1.82) is 0 Å². The molecule has 162 valence electrons. The van der Waals surface area contributed by atoms with E-state index in [1.165, 1.54) is 10.8 Å². The first-order valence-corrected chi connectivity index (χ1v) is 11.0. The third-order valence-corrected chi connectivity index (χ3v) is 6.38. The molecular weight excluding hydrogens is 412 g/mol. The topological polar surface area (TPSA) is 51.1 Å². The number of ether oxygens (including phenoxy) is 2. The Morgan fingerprint density at radius 1 is 0.939 bits per heavy atom. The molecule has 0 saturated heterocycles. The molecule has 0 spiro atoms. The van der Waals surface area contributed by atoms with Crippen molar-refractivity contribution in [3.8, 4) is 11.5 Å². The van der Waals surface area contributed by atoms with E-state index in [2.05, 4.69) is 36.4 Å². The molecule has 4 aromatic carbocycles. The number of hydrogen-bond acceptors (Lipinski definition) is 5. The number of para-hydroxylation sites is 1. The van der Waals surface area contributed by atoms with Gasteiger partial charge in [0.1, 0.15) is 11.5 Å². The molecule has 0 aromatic heterocycles. The summed E-state index contributed by atoms with van der Waals surface area (Å²) in [5, 5.41) is 9.12. The first-order valence-electron chi connectivity index (χ1n) is 11.0. The number of fused-ring (bicyclic) bond motifs is 4. The Labute approximate surface area is 191 Å². The van der Waals surface area contributed by atoms with Crippen LogP contribution in [-0.4, -0.2) is 29.8 Å². The smallest absolute Gasteiger partial charge is 0.251 e. The monoisotopic (exact) mass is 434 g/mol. The number of carbonyl (C=O) groups is 1. The number of ketones is 1. The molecule has 2 aliphatic rings. The molecule has 5 heteroatoms. The lowest BCUT2D eigenvalue weighted by atomic mass is 9.95. The van der Waals surface area contributed by atoms with Gasteiger partial charge < -0.3 is 9.47 Å². The van der Waals surface area contributed by atoms with Gasteiger partial charge in [0.2, 0.25) is 5.78 Å². The lowest BCUT2D eigenvalue weighted by molar-refractivity contribution is -0.00455. The summed E-state index contributed by atoms with van der Waals surface area (Å²) in [5.74, 6) is 1.32. The Bertz CT molecular complexity index is 1390. The van der Waals surface area contributed by atoms with Crippen molar-refractivity contribution in [2.75, 3.05) is 7.11 Å². The van der Waals surface area contributed by atoms with Crippen LogP contribution in [0.2, 0.25) is 0 Å². The van der Waals surface area contributed by atoms with E-state index in [0.717, 1.165) is 22.6 Å². The fraction of sp³-hybridized carbons (Fsp3) is 0.143. The largest absolute Gasteiger partial charge is 0.497 e. The van der Waals surface area contributed by atoms with E-state index in [4.69, 9.17) is 14.6 Å². The zero-order valence-corrected chi connectivity index (χ0v) is 18.1. The zero-order chi connectivity index (χ0) is 22.4. The minimum atomic E-state index is -0.823. The molecule has 0 radical (unpaired) electrons. The van der Waals surface area contributed by atoms with Crippen LogP contribution < -0.4 is 9.47 Å². The van der Waals surface area contributed by atoms with Gasteiger partial charge in [0.05, 0.1) is 18.9 Å². The molecule has 0 N–H and O–H groups in total. The highest BCUT2D eigenvalue weighted by atomic mass is 16.5. The Balaban J connectivity index is 1.40. The highest BCUT2D eigenvalue weighted by Gasteiger charge is 2.43. The Morgan fingerprint density at radius 3 is 2.52 bits per heavy atom. The Hall–Kier alpha value is -4.12. The number of nitrogens with zero attached hydrogens (tertiary/aromatic N) is 2. The maximum Gasteiger partial charge on any atom is 0.251 e. The lowest BCUT2D eigenvalue weighted by Crippen LogP contribution is -2.45. The molecule has 2 aliphatic heterocycles. The van der Waals surface area contributed by atoms with Crippen LogP contribution in [0.15, 0.2) is 96.1 Å². The van der Waals surface area contributed by atoms with Crippen LogP contribution in [0.25, 0.3) is 10.8 Å². The van der Waals surface area contributed by atoms with Crippen LogP contribution >= 0.6 is 0 Å².